The minimum Gasteiger partial charge on any atom is -0.464 e. The number of benzene rings is 2. The molecule has 2 aromatic carbocycles. The van der Waals surface area contributed by atoms with Gasteiger partial charge in [0.25, 0.3) is 0 Å². The third kappa shape index (κ3) is 4.49. The molecule has 1 aliphatic carbocycles. The van der Waals surface area contributed by atoms with Gasteiger partial charge in [0.2, 0.25) is 0 Å². The van der Waals surface area contributed by atoms with E-state index in [1.807, 2.05) is 6.07 Å². The molecule has 1 aliphatic rings. The van der Waals surface area contributed by atoms with Crippen molar-refractivity contribution >= 4 is 17.5 Å². The van der Waals surface area contributed by atoms with Crippen molar-refractivity contribution in [2.75, 3.05) is 12.4 Å². The monoisotopic (exact) mass is 436 g/mol. The average Bonchev–Trinajstić information content (AvgIpc) is 3.65. The van der Waals surface area contributed by atoms with Crippen molar-refractivity contribution in [1.82, 2.24) is 9.97 Å². The summed E-state index contributed by atoms with van der Waals surface area (Å²) in [7, 11) is 1.23. The number of nitrogens with one attached hydrogen (secondary N) is 1. The van der Waals surface area contributed by atoms with Crippen LogP contribution in [0.1, 0.15) is 40.5 Å². The van der Waals surface area contributed by atoms with Crippen molar-refractivity contribution in [3.63, 3.8) is 0 Å². The lowest BCUT2D eigenvalue weighted by Gasteiger charge is -2.17. The molecule has 0 aliphatic heterocycles. The van der Waals surface area contributed by atoms with Crippen LogP contribution in [0.25, 0.3) is 11.1 Å². The highest BCUT2D eigenvalue weighted by atomic mass is 19.3. The van der Waals surface area contributed by atoms with Crippen LogP contribution in [0.3, 0.4) is 0 Å². The van der Waals surface area contributed by atoms with Crippen molar-refractivity contribution in [2.24, 2.45) is 0 Å². The first-order valence-corrected chi connectivity index (χ1v) is 9.80. The van der Waals surface area contributed by atoms with Crippen LogP contribution < -0.4 is 10.1 Å². The summed E-state index contributed by atoms with van der Waals surface area (Å²) in [5.74, 6) is -0.493. The molecule has 32 heavy (non-hydrogen) atoms. The molecule has 4 rings (SSSR count). The molecule has 0 unspecified atom stereocenters. The molecule has 7 nitrogen and oxygen atoms in total. The van der Waals surface area contributed by atoms with Gasteiger partial charge in [0.1, 0.15) is 0 Å². The van der Waals surface area contributed by atoms with Gasteiger partial charge in [-0.05, 0) is 36.6 Å². The molecule has 0 bridgehead atoms. The second-order valence-corrected chi connectivity index (χ2v) is 7.13. The first kappa shape index (κ1) is 21.2. The van der Waals surface area contributed by atoms with Gasteiger partial charge < -0.3 is 14.8 Å². The Bertz CT molecular complexity index is 1190. The van der Waals surface area contributed by atoms with Gasteiger partial charge in [-0.3, -0.25) is 0 Å². The molecule has 0 atom stereocenters. The number of ether oxygens (including phenoxy) is 2. The number of carbonyl (C=O) groups is 1. The molecule has 162 valence electrons. The standard InChI is InChI=1S/C23H18F2N4O3/c1-31-22(30)19-21(27-12-18(28-19)15-9-10-15)29-17-4-2-3-16(20(17)32-23(24)25)14-7-5-13(11-26)6-8-14/h2-8,12,15,23H,9-10H2,1H3,(H,27,29). The Morgan fingerprint density at radius 1 is 1.22 bits per heavy atom. The Morgan fingerprint density at radius 3 is 2.59 bits per heavy atom. The van der Waals surface area contributed by atoms with Gasteiger partial charge >= 0.3 is 12.6 Å². The fourth-order valence-electron chi connectivity index (χ4n) is 3.24. The maximum Gasteiger partial charge on any atom is 0.387 e. The fraction of sp³-hybridized carbons (Fsp3) is 0.217. The zero-order valence-electron chi connectivity index (χ0n) is 17.0. The predicted molar refractivity (Wildman–Crippen MR) is 112 cm³/mol. The number of nitriles is 1. The minimum atomic E-state index is -3.08. The number of rotatable bonds is 7. The summed E-state index contributed by atoms with van der Waals surface area (Å²) in [6.45, 7) is -3.08. The molecule has 1 heterocycles. The molecular formula is C23H18F2N4O3. The van der Waals surface area contributed by atoms with Crippen molar-refractivity contribution in [3.8, 4) is 22.9 Å². The van der Waals surface area contributed by atoms with Gasteiger partial charge in [0.15, 0.2) is 17.3 Å². The molecule has 0 amide bonds. The Labute approximate surface area is 182 Å². The number of methoxy groups -OCH3 is 1. The summed E-state index contributed by atoms with van der Waals surface area (Å²) in [5, 5.41) is 11.9. The van der Waals surface area contributed by atoms with Crippen LogP contribution in [-0.2, 0) is 4.74 Å². The lowest BCUT2D eigenvalue weighted by atomic mass is 10.0. The highest BCUT2D eigenvalue weighted by Gasteiger charge is 2.28. The molecular weight excluding hydrogens is 418 g/mol. The smallest absolute Gasteiger partial charge is 0.387 e. The van der Waals surface area contributed by atoms with Crippen LogP contribution in [0, 0.1) is 11.3 Å². The molecule has 0 saturated heterocycles. The summed E-state index contributed by atoms with van der Waals surface area (Å²) in [4.78, 5) is 21.0. The van der Waals surface area contributed by atoms with Crippen LogP contribution in [0.15, 0.2) is 48.7 Å². The van der Waals surface area contributed by atoms with Crippen LogP contribution in [0.5, 0.6) is 5.75 Å². The second kappa shape index (κ2) is 8.98. The molecule has 0 radical (unpaired) electrons. The quantitative estimate of drug-likeness (QED) is 0.519. The summed E-state index contributed by atoms with van der Waals surface area (Å²) in [6.07, 6.45) is 3.51. The van der Waals surface area contributed by atoms with E-state index in [9.17, 15) is 13.6 Å². The predicted octanol–water partition coefficient (Wildman–Crippen LogP) is 5.02. The van der Waals surface area contributed by atoms with Gasteiger partial charge in [-0.2, -0.15) is 14.0 Å². The van der Waals surface area contributed by atoms with Crippen molar-refractivity contribution < 1.29 is 23.0 Å². The number of esters is 1. The van der Waals surface area contributed by atoms with Gasteiger partial charge in [0, 0.05) is 11.5 Å². The largest absolute Gasteiger partial charge is 0.464 e. The van der Waals surface area contributed by atoms with Crippen molar-refractivity contribution in [3.05, 3.63) is 65.6 Å². The van der Waals surface area contributed by atoms with E-state index in [0.29, 0.717) is 22.4 Å². The second-order valence-electron chi connectivity index (χ2n) is 7.13. The fourth-order valence-corrected chi connectivity index (χ4v) is 3.24. The Kier molecular flexibility index (Phi) is 5.94. The summed E-state index contributed by atoms with van der Waals surface area (Å²) in [6, 6.07) is 13.3. The summed E-state index contributed by atoms with van der Waals surface area (Å²) in [5.41, 5.74) is 2.21. The highest BCUT2D eigenvalue weighted by molar-refractivity contribution is 5.94. The number of nitrogens with zero attached hydrogens (tertiary/aromatic N) is 3. The number of para-hydroxylation sites is 1. The lowest BCUT2D eigenvalue weighted by Crippen LogP contribution is -2.13. The van der Waals surface area contributed by atoms with E-state index < -0.39 is 12.6 Å². The van der Waals surface area contributed by atoms with Crippen LogP contribution in [0.2, 0.25) is 0 Å². The molecule has 3 aromatic rings. The average molecular weight is 436 g/mol. The number of carbonyl (C=O) groups excluding carboxylic acids is 1. The number of alkyl halides is 2. The molecule has 9 heteroatoms. The Hall–Kier alpha value is -4.06. The Balaban J connectivity index is 1.76. The molecule has 1 fully saturated rings. The van der Waals surface area contributed by atoms with Gasteiger partial charge in [-0.25, -0.2) is 14.8 Å². The zero-order valence-corrected chi connectivity index (χ0v) is 17.0. The van der Waals surface area contributed by atoms with Crippen LogP contribution in [-0.4, -0.2) is 29.7 Å². The van der Waals surface area contributed by atoms with Crippen molar-refractivity contribution in [1.29, 1.82) is 5.26 Å². The van der Waals surface area contributed by atoms with E-state index >= 15 is 0 Å². The number of hydrogen-bond donors (Lipinski definition) is 1. The van der Waals surface area contributed by atoms with Crippen LogP contribution in [0.4, 0.5) is 20.3 Å². The lowest BCUT2D eigenvalue weighted by molar-refractivity contribution is -0.0489. The van der Waals surface area contributed by atoms with Gasteiger partial charge in [-0.15, -0.1) is 0 Å². The third-order valence-corrected chi connectivity index (χ3v) is 4.97. The summed E-state index contributed by atoms with van der Waals surface area (Å²) >= 11 is 0. The van der Waals surface area contributed by atoms with E-state index in [0.717, 1.165) is 12.8 Å². The SMILES string of the molecule is COC(=O)c1nc(C2CC2)cnc1Nc1cccc(-c2ccc(C#N)cc2)c1OC(F)F. The molecule has 0 spiro atoms. The number of aromatic nitrogens is 2. The normalized spacial score (nSPS) is 12.8. The number of hydrogen-bond acceptors (Lipinski definition) is 7. The number of halogens is 2. The van der Waals surface area contributed by atoms with Crippen molar-refractivity contribution in [2.45, 2.75) is 25.4 Å². The zero-order chi connectivity index (χ0) is 22.7. The summed E-state index contributed by atoms with van der Waals surface area (Å²) < 4.78 is 36.2. The first-order valence-electron chi connectivity index (χ1n) is 9.80. The number of anilines is 2. The topological polar surface area (TPSA) is 97.1 Å². The maximum absolute atomic E-state index is 13.3. The van der Waals surface area contributed by atoms with E-state index in [2.05, 4.69) is 15.3 Å². The van der Waals surface area contributed by atoms with E-state index in [1.54, 1.807) is 42.6 Å². The van der Waals surface area contributed by atoms with Gasteiger partial charge in [0.05, 0.1) is 36.3 Å². The molecule has 1 saturated carbocycles. The van der Waals surface area contributed by atoms with E-state index in [1.165, 1.54) is 13.2 Å². The molecule has 1 aromatic heterocycles. The third-order valence-electron chi connectivity index (χ3n) is 4.97. The van der Waals surface area contributed by atoms with E-state index in [-0.39, 0.29) is 28.9 Å². The maximum atomic E-state index is 13.3. The highest BCUT2D eigenvalue weighted by Crippen LogP contribution is 2.41. The van der Waals surface area contributed by atoms with E-state index in [4.69, 9.17) is 14.7 Å². The Morgan fingerprint density at radius 2 is 1.97 bits per heavy atom. The first-order chi connectivity index (χ1) is 15.5. The minimum absolute atomic E-state index is 0.0383. The molecule has 1 N–H and O–H groups in total. The van der Waals surface area contributed by atoms with Crippen LogP contribution >= 0.6 is 0 Å². The van der Waals surface area contributed by atoms with Gasteiger partial charge in [-0.1, -0.05) is 24.3 Å².